The van der Waals surface area contributed by atoms with Crippen molar-refractivity contribution in [3.8, 4) is 11.1 Å². The maximum absolute atomic E-state index is 13.1. The van der Waals surface area contributed by atoms with E-state index in [1.807, 2.05) is 36.4 Å². The van der Waals surface area contributed by atoms with Gasteiger partial charge in [0.1, 0.15) is 12.8 Å². The molecule has 0 spiro atoms. The molecule has 0 radical (unpaired) electrons. The Morgan fingerprint density at radius 2 is 1.93 bits per heavy atom. The van der Waals surface area contributed by atoms with Crippen molar-refractivity contribution in [2.24, 2.45) is 12.2 Å². The second kappa shape index (κ2) is 8.43. The van der Waals surface area contributed by atoms with Crippen LogP contribution in [0.25, 0.3) is 11.1 Å². The van der Waals surface area contributed by atoms with Crippen molar-refractivity contribution >= 4 is 17.8 Å². The SMILES string of the molecule is CON=Cc1ccc(-c2ccccc2NC(=O)c2cn(C)nc2C(F)F)cc1. The van der Waals surface area contributed by atoms with E-state index < -0.39 is 18.0 Å². The highest BCUT2D eigenvalue weighted by atomic mass is 19.3. The number of amides is 1. The highest BCUT2D eigenvalue weighted by Gasteiger charge is 2.23. The number of anilines is 1. The predicted molar refractivity (Wildman–Crippen MR) is 103 cm³/mol. The van der Waals surface area contributed by atoms with E-state index in [2.05, 4.69) is 20.4 Å². The van der Waals surface area contributed by atoms with Crippen LogP contribution in [0.15, 0.2) is 59.9 Å². The molecule has 1 N–H and O–H groups in total. The minimum atomic E-state index is -2.83. The van der Waals surface area contributed by atoms with Crippen LogP contribution in [0.3, 0.4) is 0 Å². The van der Waals surface area contributed by atoms with Crippen LogP contribution >= 0.6 is 0 Å². The van der Waals surface area contributed by atoms with Crippen molar-refractivity contribution < 1.29 is 18.4 Å². The van der Waals surface area contributed by atoms with Gasteiger partial charge in [0, 0.05) is 24.5 Å². The van der Waals surface area contributed by atoms with Crippen LogP contribution in [0.2, 0.25) is 0 Å². The quantitative estimate of drug-likeness (QED) is 0.510. The summed E-state index contributed by atoms with van der Waals surface area (Å²) in [5.41, 5.74) is 2.27. The Morgan fingerprint density at radius 3 is 2.61 bits per heavy atom. The van der Waals surface area contributed by atoms with Crippen molar-refractivity contribution in [2.75, 3.05) is 12.4 Å². The van der Waals surface area contributed by atoms with Crippen molar-refractivity contribution in [3.05, 3.63) is 71.5 Å². The molecule has 6 nitrogen and oxygen atoms in total. The summed E-state index contributed by atoms with van der Waals surface area (Å²) in [4.78, 5) is 17.2. The number of rotatable bonds is 6. The molecule has 28 heavy (non-hydrogen) atoms. The normalized spacial score (nSPS) is 11.2. The number of nitrogens with zero attached hydrogens (tertiary/aromatic N) is 3. The van der Waals surface area contributed by atoms with Crippen LogP contribution < -0.4 is 5.32 Å². The van der Waals surface area contributed by atoms with Gasteiger partial charge in [-0.3, -0.25) is 9.48 Å². The molecule has 0 aliphatic carbocycles. The number of aryl methyl sites for hydroxylation is 1. The zero-order chi connectivity index (χ0) is 20.1. The third-order valence-corrected chi connectivity index (χ3v) is 4.01. The van der Waals surface area contributed by atoms with Gasteiger partial charge >= 0.3 is 0 Å². The fourth-order valence-corrected chi connectivity index (χ4v) is 2.74. The van der Waals surface area contributed by atoms with E-state index in [0.717, 1.165) is 16.7 Å². The Labute approximate surface area is 160 Å². The highest BCUT2D eigenvalue weighted by Crippen LogP contribution is 2.29. The fraction of sp³-hybridized carbons (Fsp3) is 0.150. The molecule has 1 heterocycles. The second-order valence-electron chi connectivity index (χ2n) is 5.94. The van der Waals surface area contributed by atoms with E-state index >= 15 is 0 Å². The molecule has 0 atom stereocenters. The molecule has 0 bridgehead atoms. The maximum Gasteiger partial charge on any atom is 0.282 e. The van der Waals surface area contributed by atoms with E-state index in [4.69, 9.17) is 0 Å². The van der Waals surface area contributed by atoms with Gasteiger partial charge in [0.25, 0.3) is 12.3 Å². The van der Waals surface area contributed by atoms with Gasteiger partial charge < -0.3 is 10.2 Å². The largest absolute Gasteiger partial charge is 0.399 e. The first-order valence-corrected chi connectivity index (χ1v) is 8.38. The van der Waals surface area contributed by atoms with Gasteiger partial charge in [0.15, 0.2) is 0 Å². The number of carbonyl (C=O) groups excluding carboxylic acids is 1. The summed E-state index contributed by atoms with van der Waals surface area (Å²) in [6, 6.07) is 14.6. The smallest absolute Gasteiger partial charge is 0.282 e. The van der Waals surface area contributed by atoms with E-state index in [1.54, 1.807) is 18.3 Å². The van der Waals surface area contributed by atoms with Gasteiger partial charge in [-0.25, -0.2) is 8.78 Å². The van der Waals surface area contributed by atoms with Crippen molar-refractivity contribution in [1.29, 1.82) is 0 Å². The zero-order valence-corrected chi connectivity index (χ0v) is 15.3. The number of alkyl halides is 2. The molecule has 3 rings (SSSR count). The van der Waals surface area contributed by atoms with E-state index in [1.165, 1.54) is 25.0 Å². The van der Waals surface area contributed by atoms with Crippen LogP contribution in [0.1, 0.15) is 28.0 Å². The summed E-state index contributed by atoms with van der Waals surface area (Å²) in [7, 11) is 2.95. The summed E-state index contributed by atoms with van der Waals surface area (Å²) in [5.74, 6) is -0.639. The molecule has 0 saturated carbocycles. The number of oxime groups is 1. The summed E-state index contributed by atoms with van der Waals surface area (Å²) >= 11 is 0. The summed E-state index contributed by atoms with van der Waals surface area (Å²) in [6.45, 7) is 0. The van der Waals surface area contributed by atoms with Gasteiger partial charge in [-0.1, -0.05) is 47.6 Å². The first-order chi connectivity index (χ1) is 13.5. The fourth-order valence-electron chi connectivity index (χ4n) is 2.74. The third kappa shape index (κ3) is 4.22. The molecule has 1 aromatic heterocycles. The molecule has 0 saturated heterocycles. The first kappa shape index (κ1) is 19.2. The lowest BCUT2D eigenvalue weighted by atomic mass is 10.0. The number of aromatic nitrogens is 2. The number of hydrogen-bond acceptors (Lipinski definition) is 4. The summed E-state index contributed by atoms with van der Waals surface area (Å²) < 4.78 is 27.5. The summed E-state index contributed by atoms with van der Waals surface area (Å²) in [6.07, 6.45) is 0.0215. The maximum atomic E-state index is 13.1. The van der Waals surface area contributed by atoms with Crippen LogP contribution in [-0.4, -0.2) is 29.0 Å². The number of benzene rings is 2. The minimum Gasteiger partial charge on any atom is -0.399 e. The van der Waals surface area contributed by atoms with Gasteiger partial charge in [0.2, 0.25) is 0 Å². The average Bonchev–Trinajstić information content (AvgIpc) is 3.09. The van der Waals surface area contributed by atoms with E-state index in [9.17, 15) is 13.6 Å². The van der Waals surface area contributed by atoms with Crippen molar-refractivity contribution in [1.82, 2.24) is 9.78 Å². The van der Waals surface area contributed by atoms with E-state index in [0.29, 0.717) is 5.69 Å². The lowest BCUT2D eigenvalue weighted by molar-refractivity contribution is 0.101. The number of nitrogens with one attached hydrogen (secondary N) is 1. The lowest BCUT2D eigenvalue weighted by Gasteiger charge is -2.11. The molecule has 0 fully saturated rings. The van der Waals surface area contributed by atoms with Gasteiger partial charge in [-0.15, -0.1) is 0 Å². The molecule has 8 heteroatoms. The van der Waals surface area contributed by atoms with Gasteiger partial charge in [0.05, 0.1) is 11.8 Å². The molecule has 0 aliphatic heterocycles. The topological polar surface area (TPSA) is 68.5 Å². The molecule has 3 aromatic rings. The first-order valence-electron chi connectivity index (χ1n) is 8.38. The van der Waals surface area contributed by atoms with Crippen LogP contribution in [-0.2, 0) is 11.9 Å². The Hall–Kier alpha value is -3.55. The molecular formula is C20H18F2N4O2. The predicted octanol–water partition coefficient (Wildman–Crippen LogP) is 4.26. The Kier molecular flexibility index (Phi) is 5.78. The van der Waals surface area contributed by atoms with Gasteiger partial charge in [-0.05, 0) is 17.2 Å². The number of hydrogen-bond donors (Lipinski definition) is 1. The van der Waals surface area contributed by atoms with Crippen LogP contribution in [0.5, 0.6) is 0 Å². The Morgan fingerprint density at radius 1 is 1.21 bits per heavy atom. The molecule has 0 unspecified atom stereocenters. The number of carbonyl (C=O) groups is 1. The molecule has 2 aromatic carbocycles. The monoisotopic (exact) mass is 384 g/mol. The standard InChI is InChI=1S/C20H18F2N4O2/c1-26-12-16(18(25-26)19(21)22)20(27)24-17-6-4-3-5-15(17)14-9-7-13(8-10-14)11-23-28-2/h3-12,19H,1-2H3,(H,24,27). The van der Waals surface area contributed by atoms with Crippen molar-refractivity contribution in [2.45, 2.75) is 6.43 Å². The highest BCUT2D eigenvalue weighted by molar-refractivity contribution is 6.07. The average molecular weight is 384 g/mol. The van der Waals surface area contributed by atoms with Crippen LogP contribution in [0, 0.1) is 0 Å². The van der Waals surface area contributed by atoms with Gasteiger partial charge in [-0.2, -0.15) is 5.10 Å². The molecular weight excluding hydrogens is 366 g/mol. The van der Waals surface area contributed by atoms with Crippen molar-refractivity contribution in [3.63, 3.8) is 0 Å². The second-order valence-corrected chi connectivity index (χ2v) is 5.94. The Bertz CT molecular complexity index is 998. The molecule has 144 valence electrons. The molecule has 0 aliphatic rings. The zero-order valence-electron chi connectivity index (χ0n) is 15.3. The lowest BCUT2D eigenvalue weighted by Crippen LogP contribution is -2.14. The van der Waals surface area contributed by atoms with Crippen LogP contribution in [0.4, 0.5) is 14.5 Å². The van der Waals surface area contributed by atoms with E-state index in [-0.39, 0.29) is 5.56 Å². The third-order valence-electron chi connectivity index (χ3n) is 4.01. The minimum absolute atomic E-state index is 0.154. The number of para-hydroxylation sites is 1. The summed E-state index contributed by atoms with van der Waals surface area (Å²) in [5, 5.41) is 10.1. The number of halogens is 2. The Balaban J connectivity index is 1.89. The molecule has 1 amide bonds.